The quantitative estimate of drug-likeness (QED) is 0.656. The number of aliphatic imine (C=N–C) groups is 1. The normalized spacial score (nSPS) is 25.0. The molecule has 0 saturated heterocycles. The fraction of sp³-hybridized carbons (Fsp3) is 0.389. The predicted octanol–water partition coefficient (Wildman–Crippen LogP) is 0.480. The summed E-state index contributed by atoms with van der Waals surface area (Å²) in [5, 5.41) is 2.48. The van der Waals surface area contributed by atoms with Gasteiger partial charge < -0.3 is 4.90 Å². The second-order valence-corrected chi connectivity index (χ2v) is 8.28. The number of hydrogen-bond acceptors (Lipinski definition) is 7. The second kappa shape index (κ2) is 7.25. The van der Waals surface area contributed by atoms with Crippen LogP contribution in [-0.2, 0) is 18.0 Å². The van der Waals surface area contributed by atoms with Crippen LogP contribution in [0, 0.1) is 5.92 Å². The Morgan fingerprint density at radius 3 is 2.55 bits per heavy atom. The van der Waals surface area contributed by atoms with Gasteiger partial charge in [-0.2, -0.15) is 13.2 Å². The average molecular weight is 454 g/mol. The molecule has 3 heterocycles. The van der Waals surface area contributed by atoms with Gasteiger partial charge in [-0.05, 0) is 24.1 Å². The first-order valence-electron chi connectivity index (χ1n) is 9.09. The van der Waals surface area contributed by atoms with E-state index in [9.17, 15) is 27.6 Å². The van der Waals surface area contributed by atoms with Crippen LogP contribution in [0.25, 0.3) is 5.70 Å². The van der Waals surface area contributed by atoms with E-state index in [-0.39, 0.29) is 16.9 Å². The molecule has 1 aromatic rings. The van der Waals surface area contributed by atoms with Crippen molar-refractivity contribution in [1.29, 1.82) is 0 Å². The lowest BCUT2D eigenvalue weighted by atomic mass is 9.89. The van der Waals surface area contributed by atoms with Crippen LogP contribution >= 0.6 is 11.9 Å². The summed E-state index contributed by atoms with van der Waals surface area (Å²) >= 11 is 1.22. The Kier molecular flexibility index (Phi) is 4.95. The van der Waals surface area contributed by atoms with Crippen LogP contribution in [0.1, 0.15) is 5.69 Å². The molecule has 0 bridgehead atoms. The van der Waals surface area contributed by atoms with Gasteiger partial charge in [0.15, 0.2) is 6.04 Å². The van der Waals surface area contributed by atoms with E-state index in [2.05, 4.69) is 14.7 Å². The number of rotatable bonds is 2. The maximum atomic E-state index is 13.1. The zero-order valence-corrected chi connectivity index (χ0v) is 17.4. The number of nitrogens with one attached hydrogen (secondary N) is 1. The Morgan fingerprint density at radius 2 is 1.94 bits per heavy atom. The highest BCUT2D eigenvalue weighted by Gasteiger charge is 2.42. The first-order chi connectivity index (χ1) is 14.5. The van der Waals surface area contributed by atoms with E-state index in [0.717, 1.165) is 7.05 Å². The van der Waals surface area contributed by atoms with Gasteiger partial charge in [-0.15, -0.1) is 0 Å². The minimum atomic E-state index is -4.84. The molecule has 1 amide bonds. The molecular formula is C18H17F3N6O3S. The van der Waals surface area contributed by atoms with E-state index in [4.69, 9.17) is 0 Å². The first kappa shape index (κ1) is 21.2. The molecule has 1 N–H and O–H groups in total. The number of halogens is 3. The number of carbonyl (C=O) groups excluding carboxylic acids is 1. The Hall–Kier alpha value is -3.09. The van der Waals surface area contributed by atoms with Gasteiger partial charge >= 0.3 is 11.9 Å². The number of nitrogens with zero attached hydrogens (tertiary/aromatic N) is 5. The largest absolute Gasteiger partial charge is 0.431 e. The Balaban J connectivity index is 1.75. The van der Waals surface area contributed by atoms with Gasteiger partial charge in [0.05, 0.1) is 16.7 Å². The highest BCUT2D eigenvalue weighted by atomic mass is 32.2. The first-order valence-corrected chi connectivity index (χ1v) is 9.93. The molecule has 13 heteroatoms. The fourth-order valence-corrected chi connectivity index (χ4v) is 4.48. The topological polar surface area (TPSA) is 101 Å². The van der Waals surface area contributed by atoms with Crippen LogP contribution in [0.3, 0.4) is 0 Å². The Morgan fingerprint density at radius 1 is 1.23 bits per heavy atom. The summed E-state index contributed by atoms with van der Waals surface area (Å²) in [6.07, 6.45) is -0.0793. The third kappa shape index (κ3) is 3.52. The summed E-state index contributed by atoms with van der Waals surface area (Å²) in [6.45, 7) is 0. The van der Waals surface area contributed by atoms with Crippen LogP contribution in [0.4, 0.5) is 13.2 Å². The molecule has 3 unspecified atom stereocenters. The van der Waals surface area contributed by atoms with Crippen LogP contribution in [0.2, 0.25) is 0 Å². The SMILES string of the molecule is CN(C)C1=NC(C2=NSC3C=CC(n4c(=O)cc(C(F)(F)F)n(C)c4=O)=CC23)C(=O)N1. The monoisotopic (exact) mass is 454 g/mol. The zero-order chi connectivity index (χ0) is 22.7. The summed E-state index contributed by atoms with van der Waals surface area (Å²) in [5.74, 6) is -0.421. The number of aromatic nitrogens is 2. The molecule has 0 saturated carbocycles. The van der Waals surface area contributed by atoms with Crippen LogP contribution < -0.4 is 16.6 Å². The molecule has 1 aliphatic carbocycles. The lowest BCUT2D eigenvalue weighted by molar-refractivity contribution is -0.144. The second-order valence-electron chi connectivity index (χ2n) is 7.34. The summed E-state index contributed by atoms with van der Waals surface area (Å²) in [5.41, 5.74) is -2.98. The van der Waals surface area contributed by atoms with Crippen molar-refractivity contribution in [2.24, 2.45) is 22.4 Å². The summed E-state index contributed by atoms with van der Waals surface area (Å²) in [7, 11) is 4.41. The van der Waals surface area contributed by atoms with E-state index in [1.165, 1.54) is 18.0 Å². The van der Waals surface area contributed by atoms with Gasteiger partial charge in [0.2, 0.25) is 5.96 Å². The molecule has 1 aromatic heterocycles. The molecule has 0 spiro atoms. The predicted molar refractivity (Wildman–Crippen MR) is 110 cm³/mol. The molecule has 3 atom stereocenters. The fourth-order valence-electron chi connectivity index (χ4n) is 3.52. The van der Waals surface area contributed by atoms with Crippen molar-refractivity contribution in [1.82, 2.24) is 19.4 Å². The molecule has 0 radical (unpaired) electrons. The molecule has 0 aromatic carbocycles. The third-order valence-electron chi connectivity index (χ3n) is 5.09. The van der Waals surface area contributed by atoms with Gasteiger partial charge in [0.1, 0.15) is 5.69 Å². The van der Waals surface area contributed by atoms with Gasteiger partial charge in [-0.25, -0.2) is 18.8 Å². The van der Waals surface area contributed by atoms with E-state index < -0.39 is 35.1 Å². The molecular weight excluding hydrogens is 437 g/mol. The van der Waals surface area contributed by atoms with Crippen LogP contribution in [0.5, 0.6) is 0 Å². The summed E-state index contributed by atoms with van der Waals surface area (Å²) < 4.78 is 44.7. The standard InChI is InChI=1S/C18H17F3N6O3S/c1-25(2)16-22-14(15(29)23-16)13-9-6-8(4-5-10(9)31-24-13)27-12(28)7-11(18(19,20)21)26(3)17(27)30/h4-7,9-10,14H,1-3H3,(H,22,23,29). The van der Waals surface area contributed by atoms with Gasteiger partial charge in [0.25, 0.3) is 11.5 Å². The highest BCUT2D eigenvalue weighted by Crippen LogP contribution is 2.38. The van der Waals surface area contributed by atoms with E-state index in [1.807, 2.05) is 0 Å². The lowest BCUT2D eigenvalue weighted by Gasteiger charge is -2.21. The van der Waals surface area contributed by atoms with Crippen LogP contribution in [0.15, 0.2) is 43.3 Å². The number of alkyl halides is 3. The van der Waals surface area contributed by atoms with Crippen molar-refractivity contribution in [2.45, 2.75) is 17.5 Å². The molecule has 0 fully saturated rings. The van der Waals surface area contributed by atoms with Crippen molar-refractivity contribution in [3.63, 3.8) is 0 Å². The van der Waals surface area contributed by atoms with Crippen molar-refractivity contribution < 1.29 is 18.0 Å². The highest BCUT2D eigenvalue weighted by molar-refractivity contribution is 7.99. The van der Waals surface area contributed by atoms with E-state index in [0.29, 0.717) is 26.9 Å². The number of hydrogen-bond donors (Lipinski definition) is 1. The third-order valence-corrected chi connectivity index (χ3v) is 6.10. The molecule has 2 aliphatic heterocycles. The number of guanidine groups is 1. The van der Waals surface area contributed by atoms with E-state index >= 15 is 0 Å². The molecule has 9 nitrogen and oxygen atoms in total. The van der Waals surface area contributed by atoms with Crippen LogP contribution in [-0.4, -0.2) is 57.0 Å². The lowest BCUT2D eigenvalue weighted by Crippen LogP contribution is -2.42. The molecule has 31 heavy (non-hydrogen) atoms. The van der Waals surface area contributed by atoms with Gasteiger partial charge in [-0.3, -0.25) is 19.5 Å². The number of carbonyl (C=O) groups is 1. The summed E-state index contributed by atoms with van der Waals surface area (Å²) in [6, 6.07) is -0.477. The summed E-state index contributed by atoms with van der Waals surface area (Å²) in [4.78, 5) is 43.4. The molecule has 3 aliphatic rings. The van der Waals surface area contributed by atoms with Gasteiger partial charge in [0, 0.05) is 33.1 Å². The Bertz CT molecular complexity index is 1210. The minimum Gasteiger partial charge on any atom is -0.349 e. The van der Waals surface area contributed by atoms with Crippen molar-refractivity contribution in [3.05, 3.63) is 50.8 Å². The zero-order valence-electron chi connectivity index (χ0n) is 16.5. The molecule has 164 valence electrons. The number of amides is 1. The van der Waals surface area contributed by atoms with Crippen molar-refractivity contribution in [2.75, 3.05) is 14.1 Å². The van der Waals surface area contributed by atoms with Crippen molar-refractivity contribution >= 4 is 35.2 Å². The maximum absolute atomic E-state index is 13.1. The maximum Gasteiger partial charge on any atom is 0.431 e. The van der Waals surface area contributed by atoms with E-state index in [1.54, 1.807) is 31.1 Å². The van der Waals surface area contributed by atoms with Gasteiger partial charge in [-0.1, -0.05) is 6.08 Å². The number of fused-ring (bicyclic) bond motifs is 1. The average Bonchev–Trinajstić information content (AvgIpc) is 3.27. The minimum absolute atomic E-state index is 0.117. The Labute approximate surface area is 177 Å². The number of allylic oxidation sites excluding steroid dienone is 3. The molecule has 4 rings (SSSR count). The smallest absolute Gasteiger partial charge is 0.349 e. The van der Waals surface area contributed by atoms with Crippen molar-refractivity contribution in [3.8, 4) is 0 Å².